The van der Waals surface area contributed by atoms with Gasteiger partial charge in [0.15, 0.2) is 0 Å². The smallest absolute Gasteiger partial charge is 0.328 e. The molecule has 0 radical (unpaired) electrons. The van der Waals surface area contributed by atoms with Gasteiger partial charge in [-0.25, -0.2) is 4.79 Å². The van der Waals surface area contributed by atoms with Crippen LogP contribution in [-0.2, 0) is 22.6 Å². The summed E-state index contributed by atoms with van der Waals surface area (Å²) in [5.41, 5.74) is 2.56. The van der Waals surface area contributed by atoms with Crippen LogP contribution >= 0.6 is 0 Å². The zero-order chi connectivity index (χ0) is 15.9. The zero-order valence-electron chi connectivity index (χ0n) is 12.3. The van der Waals surface area contributed by atoms with E-state index in [1.165, 1.54) is 6.08 Å². The second-order valence-electron chi connectivity index (χ2n) is 4.79. The average Bonchev–Trinajstić information content (AvgIpc) is 2.92. The van der Waals surface area contributed by atoms with Gasteiger partial charge in [-0.2, -0.15) is 0 Å². The molecule has 0 aliphatic carbocycles. The predicted octanol–water partition coefficient (Wildman–Crippen LogP) is 2.79. The molecule has 0 saturated heterocycles. The Morgan fingerprint density at radius 1 is 1.23 bits per heavy atom. The highest BCUT2D eigenvalue weighted by molar-refractivity contribution is 5.91. The molecule has 5 heteroatoms. The molecule has 0 saturated carbocycles. The molecule has 0 spiro atoms. The van der Waals surface area contributed by atoms with Gasteiger partial charge in [0.2, 0.25) is 5.91 Å². The second-order valence-corrected chi connectivity index (χ2v) is 4.79. The number of hydrogen-bond donors (Lipinski definition) is 2. The number of hydrogen-bond acceptors (Lipinski definition) is 2. The van der Waals surface area contributed by atoms with E-state index in [1.54, 1.807) is 22.9 Å². The molecule has 0 fully saturated rings. The number of carbonyl (C=O) groups is 2. The number of rotatable bonds is 6. The Hall–Kier alpha value is -2.82. The summed E-state index contributed by atoms with van der Waals surface area (Å²) < 4.78 is 1.70. The predicted molar refractivity (Wildman–Crippen MR) is 85.6 cm³/mol. The van der Waals surface area contributed by atoms with Crippen LogP contribution in [0, 0.1) is 0 Å². The van der Waals surface area contributed by atoms with Crippen LogP contribution in [0.2, 0.25) is 0 Å². The minimum Gasteiger partial charge on any atom is -0.478 e. The largest absolute Gasteiger partial charge is 0.478 e. The Kier molecular flexibility index (Phi) is 5.14. The van der Waals surface area contributed by atoms with Crippen LogP contribution in [0.15, 0.2) is 48.7 Å². The van der Waals surface area contributed by atoms with Crippen molar-refractivity contribution < 1.29 is 14.7 Å². The quantitative estimate of drug-likeness (QED) is 0.806. The van der Waals surface area contributed by atoms with Crippen molar-refractivity contribution in [2.24, 2.45) is 0 Å². The van der Waals surface area contributed by atoms with Crippen molar-refractivity contribution in [2.75, 3.05) is 5.32 Å². The molecule has 0 atom stereocenters. The molecule has 114 valence electrons. The van der Waals surface area contributed by atoms with Crippen LogP contribution in [-0.4, -0.2) is 21.6 Å². The summed E-state index contributed by atoms with van der Waals surface area (Å²) >= 11 is 0. The number of carboxylic acid groups (broad SMARTS) is 1. The Bertz CT molecular complexity index is 701. The number of aromatic nitrogens is 1. The van der Waals surface area contributed by atoms with E-state index < -0.39 is 5.97 Å². The Balaban J connectivity index is 2.07. The van der Waals surface area contributed by atoms with E-state index in [4.69, 9.17) is 5.11 Å². The summed E-state index contributed by atoms with van der Waals surface area (Å²) in [6.45, 7) is 2.16. The first-order chi connectivity index (χ1) is 10.6. The Labute approximate surface area is 128 Å². The van der Waals surface area contributed by atoms with Gasteiger partial charge >= 0.3 is 5.97 Å². The summed E-state index contributed by atoms with van der Waals surface area (Å²) in [5.74, 6) is -1.17. The number of carbonyl (C=O) groups excluding carboxylic acids is 1. The monoisotopic (exact) mass is 298 g/mol. The third-order valence-electron chi connectivity index (χ3n) is 3.25. The maximum Gasteiger partial charge on any atom is 0.328 e. The van der Waals surface area contributed by atoms with Crippen LogP contribution in [0.1, 0.15) is 18.2 Å². The second kappa shape index (κ2) is 7.26. The summed E-state index contributed by atoms with van der Waals surface area (Å²) in [6.07, 6.45) is 5.10. The molecule has 5 nitrogen and oxygen atoms in total. The number of carboxylic acids is 1. The topological polar surface area (TPSA) is 71.3 Å². The van der Waals surface area contributed by atoms with Gasteiger partial charge in [0.25, 0.3) is 0 Å². The molecule has 22 heavy (non-hydrogen) atoms. The molecule has 0 aliphatic rings. The van der Waals surface area contributed by atoms with Crippen molar-refractivity contribution in [1.82, 2.24) is 4.57 Å². The minimum atomic E-state index is -1.02. The standard InChI is InChI=1S/C17H18N2O3/c1-2-13-6-3-4-8-15(13)18-16(20)12-19-11-5-7-14(19)9-10-17(21)22/h3-11H,2,12H2,1H3,(H,18,20)(H,21,22)/b10-9+. The first-order valence-corrected chi connectivity index (χ1v) is 7.04. The third kappa shape index (κ3) is 4.09. The molecular formula is C17H18N2O3. The molecule has 1 amide bonds. The van der Waals surface area contributed by atoms with Crippen molar-refractivity contribution in [3.05, 3.63) is 59.9 Å². The maximum atomic E-state index is 12.2. The van der Waals surface area contributed by atoms with Crippen LogP contribution in [0.25, 0.3) is 6.08 Å². The fourth-order valence-corrected chi connectivity index (χ4v) is 2.17. The van der Waals surface area contributed by atoms with Crippen molar-refractivity contribution >= 4 is 23.6 Å². The number of nitrogens with zero attached hydrogens (tertiary/aromatic N) is 1. The number of aryl methyl sites for hydroxylation is 1. The first kappa shape index (κ1) is 15.6. The molecule has 0 aliphatic heterocycles. The lowest BCUT2D eigenvalue weighted by Crippen LogP contribution is -2.19. The van der Waals surface area contributed by atoms with Crippen molar-refractivity contribution in [2.45, 2.75) is 19.9 Å². The fraction of sp³-hybridized carbons (Fsp3) is 0.176. The molecular weight excluding hydrogens is 280 g/mol. The van der Waals surface area contributed by atoms with E-state index in [1.807, 2.05) is 31.2 Å². The lowest BCUT2D eigenvalue weighted by Gasteiger charge is -2.11. The van der Waals surface area contributed by atoms with Gasteiger partial charge in [0, 0.05) is 23.7 Å². The molecule has 0 unspecified atom stereocenters. The van der Waals surface area contributed by atoms with E-state index in [0.717, 1.165) is 23.7 Å². The normalized spacial score (nSPS) is 10.8. The molecule has 2 aromatic rings. The van der Waals surface area contributed by atoms with E-state index in [-0.39, 0.29) is 12.5 Å². The van der Waals surface area contributed by atoms with E-state index in [0.29, 0.717) is 5.69 Å². The first-order valence-electron chi connectivity index (χ1n) is 7.04. The van der Waals surface area contributed by atoms with Crippen molar-refractivity contribution in [3.8, 4) is 0 Å². The van der Waals surface area contributed by atoms with E-state index >= 15 is 0 Å². The Morgan fingerprint density at radius 3 is 2.73 bits per heavy atom. The molecule has 0 bridgehead atoms. The highest BCUT2D eigenvalue weighted by Gasteiger charge is 2.08. The Morgan fingerprint density at radius 2 is 2.00 bits per heavy atom. The van der Waals surface area contributed by atoms with Gasteiger partial charge in [-0.05, 0) is 36.3 Å². The molecule has 2 N–H and O–H groups in total. The van der Waals surface area contributed by atoms with Gasteiger partial charge < -0.3 is 15.0 Å². The summed E-state index contributed by atoms with van der Waals surface area (Å²) in [5, 5.41) is 11.6. The summed E-state index contributed by atoms with van der Waals surface area (Å²) in [4.78, 5) is 22.7. The summed E-state index contributed by atoms with van der Waals surface area (Å²) in [6, 6.07) is 11.2. The third-order valence-corrected chi connectivity index (χ3v) is 3.25. The average molecular weight is 298 g/mol. The lowest BCUT2D eigenvalue weighted by molar-refractivity contribution is -0.131. The molecule has 2 rings (SSSR count). The summed E-state index contributed by atoms with van der Waals surface area (Å²) in [7, 11) is 0. The number of benzene rings is 1. The van der Waals surface area contributed by atoms with Crippen molar-refractivity contribution in [1.29, 1.82) is 0 Å². The lowest BCUT2D eigenvalue weighted by atomic mass is 10.1. The number of amides is 1. The zero-order valence-corrected chi connectivity index (χ0v) is 12.3. The van der Waals surface area contributed by atoms with E-state index in [9.17, 15) is 9.59 Å². The number of anilines is 1. The minimum absolute atomic E-state index is 0.129. The van der Waals surface area contributed by atoms with Gasteiger partial charge in [-0.15, -0.1) is 0 Å². The van der Waals surface area contributed by atoms with Crippen LogP contribution < -0.4 is 5.32 Å². The fourth-order valence-electron chi connectivity index (χ4n) is 2.17. The van der Waals surface area contributed by atoms with Gasteiger partial charge in [0.05, 0.1) is 0 Å². The SMILES string of the molecule is CCc1ccccc1NC(=O)Cn1cccc1/C=C/C(=O)O. The highest BCUT2D eigenvalue weighted by atomic mass is 16.4. The maximum absolute atomic E-state index is 12.2. The number of aliphatic carboxylic acids is 1. The molecule has 1 heterocycles. The van der Waals surface area contributed by atoms with Crippen LogP contribution in [0.5, 0.6) is 0 Å². The van der Waals surface area contributed by atoms with Gasteiger partial charge in [-0.1, -0.05) is 25.1 Å². The highest BCUT2D eigenvalue weighted by Crippen LogP contribution is 2.15. The molecule has 1 aromatic carbocycles. The van der Waals surface area contributed by atoms with Gasteiger partial charge in [0.1, 0.15) is 6.54 Å². The number of nitrogens with one attached hydrogen (secondary N) is 1. The van der Waals surface area contributed by atoms with Crippen molar-refractivity contribution in [3.63, 3.8) is 0 Å². The van der Waals surface area contributed by atoms with Crippen LogP contribution in [0.3, 0.4) is 0 Å². The van der Waals surface area contributed by atoms with Crippen LogP contribution in [0.4, 0.5) is 5.69 Å². The molecule has 1 aromatic heterocycles. The number of para-hydroxylation sites is 1. The van der Waals surface area contributed by atoms with E-state index in [2.05, 4.69) is 5.32 Å². The van der Waals surface area contributed by atoms with Gasteiger partial charge in [-0.3, -0.25) is 4.79 Å².